The maximum Gasteiger partial charge on any atom is 0.421 e. The molecule has 0 bridgehead atoms. The van der Waals surface area contributed by atoms with Crippen LogP contribution in [0.15, 0.2) is 30.5 Å². The summed E-state index contributed by atoms with van der Waals surface area (Å²) in [6.45, 7) is 0. The summed E-state index contributed by atoms with van der Waals surface area (Å²) < 4.78 is 37.9. The summed E-state index contributed by atoms with van der Waals surface area (Å²) in [4.78, 5) is 7.45. The molecule has 0 aliphatic rings. The third-order valence-electron chi connectivity index (χ3n) is 2.31. The molecule has 0 saturated carbocycles. The minimum atomic E-state index is -4.49. The van der Waals surface area contributed by atoms with E-state index in [-0.39, 0.29) is 11.8 Å². The van der Waals surface area contributed by atoms with Crippen molar-refractivity contribution in [2.24, 2.45) is 0 Å². The van der Waals surface area contributed by atoms with Gasteiger partial charge < -0.3 is 10.6 Å². The van der Waals surface area contributed by atoms with E-state index in [1.54, 1.807) is 24.3 Å². The van der Waals surface area contributed by atoms with Gasteiger partial charge in [0.15, 0.2) is 0 Å². The van der Waals surface area contributed by atoms with Gasteiger partial charge in [-0.05, 0) is 18.2 Å². The number of nitrogens with zero attached hydrogens (tertiary/aromatic N) is 2. The topological polar surface area (TPSA) is 49.8 Å². The third-order valence-corrected chi connectivity index (χ3v) is 2.31. The van der Waals surface area contributed by atoms with Gasteiger partial charge in [-0.1, -0.05) is 12.1 Å². The van der Waals surface area contributed by atoms with Crippen LogP contribution in [0.5, 0.6) is 0 Å². The van der Waals surface area contributed by atoms with Crippen LogP contribution in [0.2, 0.25) is 0 Å². The fourth-order valence-corrected chi connectivity index (χ4v) is 1.44. The van der Waals surface area contributed by atoms with E-state index in [0.717, 1.165) is 6.20 Å². The van der Waals surface area contributed by atoms with Crippen LogP contribution in [-0.4, -0.2) is 17.0 Å². The minimum absolute atomic E-state index is 0.0866. The number of alkyl halides is 3. The number of benzene rings is 1. The van der Waals surface area contributed by atoms with E-state index in [2.05, 4.69) is 26.7 Å². The van der Waals surface area contributed by atoms with E-state index in [1.807, 2.05) is 0 Å². The van der Waals surface area contributed by atoms with E-state index in [9.17, 15) is 13.2 Å². The van der Waals surface area contributed by atoms with Crippen molar-refractivity contribution in [1.29, 1.82) is 0 Å². The van der Waals surface area contributed by atoms with Gasteiger partial charge in [-0.15, -0.1) is 0 Å². The highest BCUT2D eigenvalue weighted by Gasteiger charge is 2.34. The molecule has 2 aromatic rings. The zero-order valence-corrected chi connectivity index (χ0v) is 9.92. The number of nitrogens with one attached hydrogen (secondary N) is 2. The molecule has 0 amide bonds. The fourth-order valence-electron chi connectivity index (χ4n) is 1.44. The average molecular weight is 267 g/mol. The highest BCUT2D eigenvalue weighted by molar-refractivity contribution is 5.56. The van der Waals surface area contributed by atoms with Crippen molar-refractivity contribution in [3.8, 4) is 0 Å². The summed E-state index contributed by atoms with van der Waals surface area (Å²) in [5.74, 6) is -0.184. The van der Waals surface area contributed by atoms with Crippen LogP contribution < -0.4 is 10.6 Å². The van der Waals surface area contributed by atoms with Gasteiger partial charge in [-0.3, -0.25) is 0 Å². The Bertz CT molecular complexity index is 555. The number of halogens is 3. The third kappa shape index (κ3) is 3.12. The SMILES string of the molecule is CNc1nc(Nc2cc[c]cc2)ncc1C(F)(F)F. The standard InChI is InChI=1S/C12H10F3N4/c1-16-10-9(12(13,14)15)7-17-11(19-10)18-8-5-3-2-4-6-8/h3-7H,1H3,(H2,16,17,18,19). The van der Waals surface area contributed by atoms with Gasteiger partial charge in [0, 0.05) is 18.9 Å². The number of hydrogen-bond donors (Lipinski definition) is 2. The van der Waals surface area contributed by atoms with Crippen LogP contribution in [0.3, 0.4) is 0 Å². The Morgan fingerprint density at radius 1 is 1.21 bits per heavy atom. The molecule has 1 radical (unpaired) electrons. The van der Waals surface area contributed by atoms with E-state index >= 15 is 0 Å². The molecule has 0 aliphatic carbocycles. The summed E-state index contributed by atoms with van der Waals surface area (Å²) >= 11 is 0. The minimum Gasteiger partial charge on any atom is -0.372 e. The van der Waals surface area contributed by atoms with Crippen molar-refractivity contribution in [2.45, 2.75) is 6.18 Å². The summed E-state index contributed by atoms with van der Waals surface area (Å²) in [6.07, 6.45) is -3.74. The first kappa shape index (κ1) is 13.1. The molecule has 1 heterocycles. The van der Waals surface area contributed by atoms with Crippen LogP contribution >= 0.6 is 0 Å². The Hall–Kier alpha value is -2.31. The molecule has 2 rings (SSSR count). The van der Waals surface area contributed by atoms with Crippen molar-refractivity contribution < 1.29 is 13.2 Å². The van der Waals surface area contributed by atoms with Crippen molar-refractivity contribution in [1.82, 2.24) is 9.97 Å². The lowest BCUT2D eigenvalue weighted by Gasteiger charge is -2.12. The van der Waals surface area contributed by atoms with Crippen LogP contribution in [0, 0.1) is 6.07 Å². The molecule has 0 aliphatic heterocycles. The quantitative estimate of drug-likeness (QED) is 0.897. The highest BCUT2D eigenvalue weighted by atomic mass is 19.4. The Balaban J connectivity index is 2.30. The van der Waals surface area contributed by atoms with Gasteiger partial charge in [0.1, 0.15) is 11.4 Å². The molecule has 0 fully saturated rings. The molecule has 0 spiro atoms. The maximum atomic E-state index is 12.6. The molecule has 0 atom stereocenters. The van der Waals surface area contributed by atoms with Gasteiger partial charge in [-0.2, -0.15) is 18.2 Å². The number of rotatable bonds is 3. The Morgan fingerprint density at radius 3 is 2.47 bits per heavy atom. The van der Waals surface area contributed by atoms with Crippen molar-refractivity contribution in [2.75, 3.05) is 17.7 Å². The first-order valence-electron chi connectivity index (χ1n) is 5.36. The molecule has 19 heavy (non-hydrogen) atoms. The smallest absolute Gasteiger partial charge is 0.372 e. The Morgan fingerprint density at radius 2 is 1.89 bits per heavy atom. The van der Waals surface area contributed by atoms with Gasteiger partial charge in [0.05, 0.1) is 0 Å². The Kier molecular flexibility index (Phi) is 3.55. The summed E-state index contributed by atoms with van der Waals surface area (Å²) in [5, 5.41) is 5.22. The number of hydrogen-bond acceptors (Lipinski definition) is 4. The van der Waals surface area contributed by atoms with Gasteiger partial charge in [0.25, 0.3) is 0 Å². The van der Waals surface area contributed by atoms with Crippen LogP contribution in [0.4, 0.5) is 30.6 Å². The second-order valence-corrected chi connectivity index (χ2v) is 3.62. The number of aromatic nitrogens is 2. The lowest BCUT2D eigenvalue weighted by atomic mass is 10.3. The molecule has 4 nitrogen and oxygen atoms in total. The molecule has 2 N–H and O–H groups in total. The second-order valence-electron chi connectivity index (χ2n) is 3.62. The first-order valence-corrected chi connectivity index (χ1v) is 5.36. The second kappa shape index (κ2) is 5.13. The molecule has 0 unspecified atom stereocenters. The van der Waals surface area contributed by atoms with E-state index in [4.69, 9.17) is 0 Å². The highest BCUT2D eigenvalue weighted by Crippen LogP contribution is 2.33. The van der Waals surface area contributed by atoms with E-state index < -0.39 is 11.7 Å². The average Bonchev–Trinajstić information content (AvgIpc) is 2.38. The molecule has 1 aromatic carbocycles. The largest absolute Gasteiger partial charge is 0.421 e. The van der Waals surface area contributed by atoms with Crippen LogP contribution in [0.25, 0.3) is 0 Å². The van der Waals surface area contributed by atoms with Gasteiger partial charge in [0.2, 0.25) is 5.95 Å². The van der Waals surface area contributed by atoms with Gasteiger partial charge >= 0.3 is 6.18 Å². The lowest BCUT2D eigenvalue weighted by Crippen LogP contribution is -2.12. The molecule has 7 heteroatoms. The van der Waals surface area contributed by atoms with Gasteiger partial charge in [-0.25, -0.2) is 4.98 Å². The predicted octanol–water partition coefficient (Wildman–Crippen LogP) is 3.08. The van der Waals surface area contributed by atoms with Crippen LogP contribution in [-0.2, 0) is 6.18 Å². The molecular weight excluding hydrogens is 257 g/mol. The first-order chi connectivity index (χ1) is 9.00. The van der Waals surface area contributed by atoms with Crippen molar-refractivity contribution in [3.05, 3.63) is 42.1 Å². The molecule has 0 saturated heterocycles. The number of anilines is 3. The molecular formula is C12H10F3N4. The normalized spacial score (nSPS) is 11.2. The zero-order valence-electron chi connectivity index (χ0n) is 9.92. The fraction of sp³-hybridized carbons (Fsp3) is 0.167. The predicted molar refractivity (Wildman–Crippen MR) is 65.1 cm³/mol. The zero-order chi connectivity index (χ0) is 13.9. The Labute approximate surface area is 107 Å². The maximum absolute atomic E-state index is 12.6. The summed E-state index contributed by atoms with van der Waals surface area (Å²) in [6, 6.07) is 9.59. The van der Waals surface area contributed by atoms with Crippen molar-refractivity contribution >= 4 is 17.5 Å². The summed E-state index contributed by atoms with van der Waals surface area (Å²) in [7, 11) is 1.37. The monoisotopic (exact) mass is 267 g/mol. The van der Waals surface area contributed by atoms with E-state index in [1.165, 1.54) is 7.05 Å². The van der Waals surface area contributed by atoms with Crippen LogP contribution in [0.1, 0.15) is 5.56 Å². The molecule has 1 aromatic heterocycles. The molecule has 99 valence electrons. The lowest BCUT2D eigenvalue weighted by molar-refractivity contribution is -0.137. The van der Waals surface area contributed by atoms with Crippen molar-refractivity contribution in [3.63, 3.8) is 0 Å². The summed E-state index contributed by atoms with van der Waals surface area (Å²) in [5.41, 5.74) is -0.234. The van der Waals surface area contributed by atoms with E-state index in [0.29, 0.717) is 5.69 Å².